The summed E-state index contributed by atoms with van der Waals surface area (Å²) in [4.78, 5) is 0. The zero-order valence-electron chi connectivity index (χ0n) is 15.0. The number of unbranched alkanes of at least 4 members (excludes halogenated alkanes) is 3. The van der Waals surface area contributed by atoms with Gasteiger partial charge in [-0.2, -0.15) is 0 Å². The first-order valence-electron chi connectivity index (χ1n) is 8.82. The highest BCUT2D eigenvalue weighted by molar-refractivity contribution is 5.37. The number of benzene rings is 1. The Bertz CT molecular complexity index is 406. The van der Waals surface area contributed by atoms with Crippen molar-refractivity contribution in [3.63, 3.8) is 0 Å². The SMILES string of the molecule is CCCCCCC(NC)c1ccc(C(C)C)cc1C(C)C. The van der Waals surface area contributed by atoms with Crippen LogP contribution < -0.4 is 5.32 Å². The number of hydrogen-bond acceptors (Lipinski definition) is 1. The maximum Gasteiger partial charge on any atom is 0.0320 e. The van der Waals surface area contributed by atoms with Crippen LogP contribution in [0.3, 0.4) is 0 Å². The summed E-state index contributed by atoms with van der Waals surface area (Å²) in [5.74, 6) is 1.19. The lowest BCUT2D eigenvalue weighted by Crippen LogP contribution is -2.18. The Morgan fingerprint density at radius 1 is 0.905 bits per heavy atom. The Morgan fingerprint density at radius 2 is 1.62 bits per heavy atom. The van der Waals surface area contributed by atoms with Gasteiger partial charge in [0.1, 0.15) is 0 Å². The van der Waals surface area contributed by atoms with Crippen LogP contribution in [0.2, 0.25) is 0 Å². The largest absolute Gasteiger partial charge is 0.313 e. The van der Waals surface area contributed by atoms with Crippen molar-refractivity contribution in [2.24, 2.45) is 0 Å². The third-order valence-corrected chi connectivity index (χ3v) is 4.47. The molecule has 0 saturated carbocycles. The van der Waals surface area contributed by atoms with Crippen LogP contribution in [0.1, 0.15) is 101 Å². The Kier molecular flexibility index (Phi) is 8.03. The van der Waals surface area contributed by atoms with E-state index in [9.17, 15) is 0 Å². The summed E-state index contributed by atoms with van der Waals surface area (Å²) < 4.78 is 0. The first-order chi connectivity index (χ1) is 10.0. The van der Waals surface area contributed by atoms with E-state index in [1.54, 1.807) is 0 Å². The van der Waals surface area contributed by atoms with Crippen molar-refractivity contribution in [3.8, 4) is 0 Å². The molecule has 1 nitrogen and oxygen atoms in total. The van der Waals surface area contributed by atoms with Crippen molar-refractivity contribution in [2.45, 2.75) is 84.6 Å². The Hall–Kier alpha value is -0.820. The average molecular weight is 290 g/mol. The van der Waals surface area contributed by atoms with Gasteiger partial charge >= 0.3 is 0 Å². The maximum absolute atomic E-state index is 3.54. The third-order valence-electron chi connectivity index (χ3n) is 4.47. The minimum atomic E-state index is 0.500. The second-order valence-corrected chi connectivity index (χ2v) is 6.89. The van der Waals surface area contributed by atoms with Gasteiger partial charge in [0.25, 0.3) is 0 Å². The lowest BCUT2D eigenvalue weighted by atomic mass is 9.87. The molecule has 1 aromatic rings. The van der Waals surface area contributed by atoms with Gasteiger partial charge in [0.15, 0.2) is 0 Å². The van der Waals surface area contributed by atoms with Crippen molar-refractivity contribution in [1.82, 2.24) is 5.32 Å². The van der Waals surface area contributed by atoms with Gasteiger partial charge in [-0.05, 0) is 42.0 Å². The molecule has 0 spiro atoms. The summed E-state index contributed by atoms with van der Waals surface area (Å²) in [5.41, 5.74) is 4.49. The van der Waals surface area contributed by atoms with E-state index in [0.717, 1.165) is 0 Å². The van der Waals surface area contributed by atoms with Crippen LogP contribution in [-0.2, 0) is 0 Å². The molecule has 1 heteroatoms. The van der Waals surface area contributed by atoms with Crippen molar-refractivity contribution < 1.29 is 0 Å². The van der Waals surface area contributed by atoms with Crippen LogP contribution in [0.5, 0.6) is 0 Å². The lowest BCUT2D eigenvalue weighted by Gasteiger charge is -2.23. The summed E-state index contributed by atoms with van der Waals surface area (Å²) in [5, 5.41) is 3.54. The molecule has 0 radical (unpaired) electrons. The van der Waals surface area contributed by atoms with E-state index in [4.69, 9.17) is 0 Å². The molecule has 1 unspecified atom stereocenters. The predicted molar refractivity (Wildman–Crippen MR) is 95.2 cm³/mol. The second kappa shape index (κ2) is 9.25. The molecule has 0 aliphatic heterocycles. The first-order valence-corrected chi connectivity index (χ1v) is 8.82. The van der Waals surface area contributed by atoms with Crippen molar-refractivity contribution in [3.05, 3.63) is 34.9 Å². The van der Waals surface area contributed by atoms with E-state index in [2.05, 4.69) is 65.2 Å². The van der Waals surface area contributed by atoms with Gasteiger partial charge in [-0.25, -0.2) is 0 Å². The normalized spacial score (nSPS) is 13.1. The van der Waals surface area contributed by atoms with Crippen LogP contribution in [0, 0.1) is 0 Å². The molecule has 0 fully saturated rings. The second-order valence-electron chi connectivity index (χ2n) is 6.89. The molecule has 21 heavy (non-hydrogen) atoms. The van der Waals surface area contributed by atoms with E-state index in [-0.39, 0.29) is 0 Å². The monoisotopic (exact) mass is 289 g/mol. The molecule has 0 aromatic heterocycles. The van der Waals surface area contributed by atoms with Crippen LogP contribution in [0.4, 0.5) is 0 Å². The zero-order chi connectivity index (χ0) is 15.8. The van der Waals surface area contributed by atoms with Gasteiger partial charge in [0.2, 0.25) is 0 Å². The fourth-order valence-corrected chi connectivity index (χ4v) is 3.00. The fourth-order valence-electron chi connectivity index (χ4n) is 3.00. The van der Waals surface area contributed by atoms with Crippen molar-refractivity contribution >= 4 is 0 Å². The van der Waals surface area contributed by atoms with E-state index in [0.29, 0.717) is 17.9 Å². The zero-order valence-corrected chi connectivity index (χ0v) is 15.0. The van der Waals surface area contributed by atoms with E-state index < -0.39 is 0 Å². The first kappa shape index (κ1) is 18.2. The third kappa shape index (κ3) is 5.47. The van der Waals surface area contributed by atoms with Gasteiger partial charge in [0, 0.05) is 6.04 Å². The van der Waals surface area contributed by atoms with Crippen LogP contribution in [0.15, 0.2) is 18.2 Å². The number of rotatable bonds is 9. The highest BCUT2D eigenvalue weighted by atomic mass is 14.9. The molecule has 1 N–H and O–H groups in total. The molecule has 0 aliphatic rings. The molecule has 0 aliphatic carbocycles. The van der Waals surface area contributed by atoms with Crippen LogP contribution in [-0.4, -0.2) is 7.05 Å². The maximum atomic E-state index is 3.54. The number of hydrogen-bond donors (Lipinski definition) is 1. The fraction of sp³-hybridized carbons (Fsp3) is 0.700. The van der Waals surface area contributed by atoms with Gasteiger partial charge in [0.05, 0.1) is 0 Å². The molecule has 0 amide bonds. The highest BCUT2D eigenvalue weighted by Crippen LogP contribution is 2.31. The molecule has 1 atom stereocenters. The lowest BCUT2D eigenvalue weighted by molar-refractivity contribution is 0.500. The molecule has 1 aromatic carbocycles. The Labute approximate surface area is 132 Å². The standard InChI is InChI=1S/C20H35N/c1-7-8-9-10-11-20(21-6)18-13-12-17(15(2)3)14-19(18)16(4)5/h12-16,20-21H,7-11H2,1-6H3. The van der Waals surface area contributed by atoms with Crippen LogP contribution >= 0.6 is 0 Å². The summed E-state index contributed by atoms with van der Waals surface area (Å²) >= 11 is 0. The predicted octanol–water partition coefficient (Wildman–Crippen LogP) is 6.16. The smallest absolute Gasteiger partial charge is 0.0320 e. The Morgan fingerprint density at radius 3 is 2.14 bits per heavy atom. The van der Waals surface area contributed by atoms with Crippen molar-refractivity contribution in [1.29, 1.82) is 0 Å². The minimum Gasteiger partial charge on any atom is -0.313 e. The van der Waals surface area contributed by atoms with Gasteiger partial charge in [-0.3, -0.25) is 0 Å². The van der Waals surface area contributed by atoms with Gasteiger partial charge < -0.3 is 5.32 Å². The molecule has 1 rings (SSSR count). The van der Waals surface area contributed by atoms with Gasteiger partial charge in [-0.15, -0.1) is 0 Å². The molecule has 0 heterocycles. The van der Waals surface area contributed by atoms with E-state index in [1.165, 1.54) is 48.8 Å². The molecular weight excluding hydrogens is 254 g/mol. The topological polar surface area (TPSA) is 12.0 Å². The van der Waals surface area contributed by atoms with Crippen LogP contribution in [0.25, 0.3) is 0 Å². The minimum absolute atomic E-state index is 0.500. The summed E-state index contributed by atoms with van der Waals surface area (Å²) in [6, 6.07) is 7.62. The Balaban J connectivity index is 2.91. The average Bonchev–Trinajstić information content (AvgIpc) is 2.47. The molecular formula is C20H35N. The molecule has 0 bridgehead atoms. The summed E-state index contributed by atoms with van der Waals surface area (Å²) in [7, 11) is 2.10. The molecule has 0 saturated heterocycles. The van der Waals surface area contributed by atoms with E-state index in [1.807, 2.05) is 0 Å². The van der Waals surface area contributed by atoms with E-state index >= 15 is 0 Å². The highest BCUT2D eigenvalue weighted by Gasteiger charge is 2.16. The summed E-state index contributed by atoms with van der Waals surface area (Å²) in [6.45, 7) is 11.5. The number of nitrogens with one attached hydrogen (secondary N) is 1. The quantitative estimate of drug-likeness (QED) is 0.536. The summed E-state index contributed by atoms with van der Waals surface area (Å²) in [6.07, 6.45) is 6.60. The molecule has 120 valence electrons. The van der Waals surface area contributed by atoms with Gasteiger partial charge in [-0.1, -0.05) is 78.5 Å². The van der Waals surface area contributed by atoms with Crippen molar-refractivity contribution in [2.75, 3.05) is 7.05 Å².